The summed E-state index contributed by atoms with van der Waals surface area (Å²) in [5.41, 5.74) is -0.793. The summed E-state index contributed by atoms with van der Waals surface area (Å²) in [5.74, 6) is -2.29. The van der Waals surface area contributed by atoms with Crippen molar-refractivity contribution in [3.05, 3.63) is 103 Å². The molecule has 4 amide bonds. The largest absolute Gasteiger partial charge is 0.497 e. The Morgan fingerprint density at radius 1 is 0.984 bits per heavy atom. The van der Waals surface area contributed by atoms with Crippen molar-refractivity contribution in [2.45, 2.75) is 108 Å². The second kappa shape index (κ2) is 17.2. The van der Waals surface area contributed by atoms with Crippen molar-refractivity contribution in [1.82, 2.24) is 25.2 Å². The molecule has 0 unspecified atom stereocenters. The predicted molar refractivity (Wildman–Crippen MR) is 239 cm³/mol. The SMILES string of the molecule is C=C[C@@H]1C[C@]1(NC(=O)[C@@H]1C[C@@H](Oc2cc(-c3ccccc3)nc3cc(OC)ccc23)CN1C(=O)[C@@H](NC(=O)OC(C)(C)C)C(C)(C)C)C(=O)NS(=O)(=O)C1(Cc2ccc(F)cc2)CC1. The van der Waals surface area contributed by atoms with Crippen LogP contribution in [0.3, 0.4) is 0 Å². The molecule has 5 atom stereocenters. The van der Waals surface area contributed by atoms with E-state index in [9.17, 15) is 32.0 Å². The molecule has 2 saturated carbocycles. The van der Waals surface area contributed by atoms with E-state index in [1.54, 1.807) is 66.9 Å². The monoisotopic (exact) mass is 897 g/mol. The van der Waals surface area contributed by atoms with Crippen LogP contribution in [0.2, 0.25) is 0 Å². The number of benzene rings is 3. The Bertz CT molecular complexity index is 2570. The molecule has 2 heterocycles. The predicted octanol–water partition coefficient (Wildman–Crippen LogP) is 6.62. The molecule has 2 aliphatic carbocycles. The van der Waals surface area contributed by atoms with Crippen LogP contribution >= 0.6 is 0 Å². The molecule has 0 spiro atoms. The lowest BCUT2D eigenvalue weighted by atomic mass is 9.85. The minimum atomic E-state index is -4.28. The number of sulfonamides is 1. The van der Waals surface area contributed by atoms with Crippen molar-refractivity contribution in [3.8, 4) is 22.8 Å². The Balaban J connectivity index is 1.19. The third-order valence-electron chi connectivity index (χ3n) is 12.1. The summed E-state index contributed by atoms with van der Waals surface area (Å²) in [6.07, 6.45) is 0.562. The third kappa shape index (κ3) is 9.71. The van der Waals surface area contributed by atoms with Crippen LogP contribution in [0, 0.1) is 17.2 Å². The number of likely N-dealkylation sites (tertiary alicyclic amines) is 1. The van der Waals surface area contributed by atoms with Crippen LogP contribution in [0.15, 0.2) is 91.5 Å². The van der Waals surface area contributed by atoms with Crippen LogP contribution in [-0.4, -0.2) is 89.8 Å². The van der Waals surface area contributed by atoms with Crippen molar-refractivity contribution in [3.63, 3.8) is 0 Å². The van der Waals surface area contributed by atoms with Gasteiger partial charge in [-0.15, -0.1) is 6.58 Å². The molecule has 3 fully saturated rings. The lowest BCUT2D eigenvalue weighted by Crippen LogP contribution is -2.60. The molecule has 3 N–H and O–H groups in total. The highest BCUT2D eigenvalue weighted by atomic mass is 32.2. The number of carbonyl (C=O) groups excluding carboxylic acids is 4. The van der Waals surface area contributed by atoms with Crippen molar-refractivity contribution in [2.75, 3.05) is 13.7 Å². The van der Waals surface area contributed by atoms with Crippen LogP contribution in [-0.2, 0) is 35.6 Å². The smallest absolute Gasteiger partial charge is 0.408 e. The number of carbonyl (C=O) groups is 4. The summed E-state index contributed by atoms with van der Waals surface area (Å²) in [7, 11) is -2.72. The quantitative estimate of drug-likeness (QED) is 0.116. The normalized spacial score (nSPS) is 21.9. The summed E-state index contributed by atoms with van der Waals surface area (Å²) >= 11 is 0. The van der Waals surface area contributed by atoms with Gasteiger partial charge in [0.25, 0.3) is 5.91 Å². The molecule has 3 aliphatic rings. The zero-order valence-electron chi connectivity index (χ0n) is 37.2. The number of nitrogens with one attached hydrogen (secondary N) is 3. The Labute approximate surface area is 373 Å². The molecule has 7 rings (SSSR count). The Kier molecular flexibility index (Phi) is 12.3. The number of ether oxygens (including phenoxy) is 3. The molecule has 14 nitrogen and oxygen atoms in total. The van der Waals surface area contributed by atoms with Gasteiger partial charge in [0.1, 0.15) is 46.6 Å². The standard InChI is InChI=1S/C48H56FN5O9S/c1-9-31-27-48(31,43(57)53-64(59,60)47(21-22-47)26-29-15-17-32(49)18-16-29)52-41(55)38-24-34(28-54(38)42(56)40(45(2,3)4)51-44(58)63-46(5,6)7)62-39-25-36(30-13-11-10-12-14-30)50-37-23-33(61-8)19-20-35(37)39/h9-20,23,25,31,34,38,40H,1,21-22,24,26-28H2,2-8H3,(H,51,58)(H,52,55)(H,53,57)/t31-,34-,38+,40-,48-/m1/s1. The maximum atomic E-state index is 14.8. The van der Waals surface area contributed by atoms with E-state index in [0.29, 0.717) is 33.7 Å². The molecule has 1 aromatic heterocycles. The van der Waals surface area contributed by atoms with Crippen molar-refractivity contribution >= 4 is 44.7 Å². The van der Waals surface area contributed by atoms with Crippen LogP contribution < -0.4 is 24.8 Å². The van der Waals surface area contributed by atoms with Gasteiger partial charge in [0.05, 0.1) is 29.6 Å². The molecule has 0 radical (unpaired) electrons. The third-order valence-corrected chi connectivity index (χ3v) is 14.2. The molecule has 4 aromatic rings. The fourth-order valence-corrected chi connectivity index (χ4v) is 9.90. The van der Waals surface area contributed by atoms with Crippen molar-refractivity contribution < 1.29 is 46.2 Å². The maximum Gasteiger partial charge on any atom is 0.408 e. The summed E-state index contributed by atoms with van der Waals surface area (Å²) in [5, 5.41) is 6.22. The van der Waals surface area contributed by atoms with Gasteiger partial charge in [-0.2, -0.15) is 0 Å². The van der Waals surface area contributed by atoms with Crippen LogP contribution in [0.1, 0.15) is 72.8 Å². The van der Waals surface area contributed by atoms with E-state index in [4.69, 9.17) is 19.2 Å². The van der Waals surface area contributed by atoms with E-state index < -0.39 is 85.1 Å². The number of methoxy groups -OCH3 is 1. The lowest BCUT2D eigenvalue weighted by Gasteiger charge is -2.36. The van der Waals surface area contributed by atoms with Crippen molar-refractivity contribution in [2.24, 2.45) is 11.3 Å². The number of amides is 4. The number of fused-ring (bicyclic) bond motifs is 1. The number of hydrogen-bond acceptors (Lipinski definition) is 10. The Morgan fingerprint density at radius 2 is 1.67 bits per heavy atom. The van der Waals surface area contributed by atoms with Gasteiger partial charge in [0.15, 0.2) is 0 Å². The summed E-state index contributed by atoms with van der Waals surface area (Å²) in [4.78, 5) is 63.1. The second-order valence-electron chi connectivity index (χ2n) is 19.1. The fraction of sp³-hybridized carbons (Fsp3) is 0.438. The van der Waals surface area contributed by atoms with E-state index in [1.165, 1.54) is 35.2 Å². The maximum absolute atomic E-state index is 14.8. The zero-order chi connectivity index (χ0) is 46.4. The molecule has 3 aromatic carbocycles. The molecule has 0 bridgehead atoms. The summed E-state index contributed by atoms with van der Waals surface area (Å²) in [6.45, 7) is 14.2. The van der Waals surface area contributed by atoms with E-state index in [-0.39, 0.29) is 38.6 Å². The second-order valence-corrected chi connectivity index (χ2v) is 21.2. The van der Waals surface area contributed by atoms with Gasteiger partial charge in [-0.25, -0.2) is 22.6 Å². The Hall–Kier alpha value is -6.03. The fourth-order valence-electron chi connectivity index (χ4n) is 8.26. The molecule has 1 saturated heterocycles. The number of nitrogens with zero attached hydrogens (tertiary/aromatic N) is 2. The van der Waals surface area contributed by atoms with Gasteiger partial charge in [0, 0.05) is 35.4 Å². The van der Waals surface area contributed by atoms with Crippen LogP contribution in [0.5, 0.6) is 11.5 Å². The number of hydrogen-bond donors (Lipinski definition) is 3. The molecular formula is C48H56FN5O9S. The first-order chi connectivity index (χ1) is 30.1. The molecule has 1 aliphatic heterocycles. The molecule has 340 valence electrons. The summed E-state index contributed by atoms with van der Waals surface area (Å²) in [6, 6.07) is 19.8. The molecule has 64 heavy (non-hydrogen) atoms. The zero-order valence-corrected chi connectivity index (χ0v) is 38.0. The molecular weight excluding hydrogens is 842 g/mol. The Morgan fingerprint density at radius 3 is 2.27 bits per heavy atom. The summed E-state index contributed by atoms with van der Waals surface area (Å²) < 4.78 is 60.1. The first kappa shape index (κ1) is 46.0. The van der Waals surface area contributed by atoms with Crippen LogP contribution in [0.4, 0.5) is 9.18 Å². The highest BCUT2D eigenvalue weighted by molar-refractivity contribution is 7.91. The minimum absolute atomic E-state index is 0.0307. The van der Waals surface area contributed by atoms with Crippen LogP contribution in [0.25, 0.3) is 22.2 Å². The van der Waals surface area contributed by atoms with E-state index in [0.717, 1.165) is 5.56 Å². The number of halogens is 1. The molecule has 16 heteroatoms. The average molecular weight is 898 g/mol. The van der Waals surface area contributed by atoms with E-state index in [2.05, 4.69) is 21.9 Å². The van der Waals surface area contributed by atoms with Gasteiger partial charge in [-0.05, 0) is 81.7 Å². The average Bonchev–Trinajstić information content (AvgIpc) is 4.14. The van der Waals surface area contributed by atoms with Gasteiger partial charge in [-0.3, -0.25) is 19.1 Å². The van der Waals surface area contributed by atoms with E-state index >= 15 is 0 Å². The minimum Gasteiger partial charge on any atom is -0.497 e. The van der Waals surface area contributed by atoms with Gasteiger partial charge in [-0.1, -0.05) is 69.3 Å². The number of alkyl carbamates (subject to hydrolysis) is 1. The number of rotatable bonds is 14. The highest BCUT2D eigenvalue weighted by Crippen LogP contribution is 2.49. The number of aromatic nitrogens is 1. The van der Waals surface area contributed by atoms with E-state index in [1.807, 2.05) is 36.4 Å². The lowest BCUT2D eigenvalue weighted by molar-refractivity contribution is -0.143. The highest BCUT2D eigenvalue weighted by Gasteiger charge is 2.63. The van der Waals surface area contributed by atoms with Gasteiger partial charge in [0.2, 0.25) is 21.8 Å². The number of pyridine rings is 1. The first-order valence-electron chi connectivity index (χ1n) is 21.3. The van der Waals surface area contributed by atoms with Gasteiger partial charge >= 0.3 is 6.09 Å². The van der Waals surface area contributed by atoms with Crippen molar-refractivity contribution in [1.29, 1.82) is 0 Å². The first-order valence-corrected chi connectivity index (χ1v) is 22.8. The van der Waals surface area contributed by atoms with Gasteiger partial charge < -0.3 is 29.7 Å². The topological polar surface area (TPSA) is 182 Å².